The van der Waals surface area contributed by atoms with Crippen molar-refractivity contribution in [2.75, 3.05) is 7.11 Å². The maximum absolute atomic E-state index is 13.1. The minimum atomic E-state index is -0.306. The molecule has 2 aromatic carbocycles. The lowest BCUT2D eigenvalue weighted by Gasteiger charge is -2.10. The van der Waals surface area contributed by atoms with Crippen LogP contribution in [0.5, 0.6) is 11.5 Å². The Morgan fingerprint density at radius 3 is 2.67 bits per heavy atom. The van der Waals surface area contributed by atoms with Crippen LogP contribution in [0.3, 0.4) is 0 Å². The lowest BCUT2D eigenvalue weighted by Crippen LogP contribution is -1.98. The second-order valence-corrected chi connectivity index (χ2v) is 4.53. The van der Waals surface area contributed by atoms with E-state index in [0.717, 1.165) is 11.3 Å². The van der Waals surface area contributed by atoms with Gasteiger partial charge in [0.2, 0.25) is 0 Å². The predicted molar refractivity (Wildman–Crippen MR) is 71.4 cm³/mol. The molecule has 0 bridgehead atoms. The van der Waals surface area contributed by atoms with Crippen LogP contribution in [0.25, 0.3) is 0 Å². The minimum Gasteiger partial charge on any atom is -0.496 e. The van der Waals surface area contributed by atoms with Crippen LogP contribution in [0, 0.1) is 5.82 Å². The van der Waals surface area contributed by atoms with Crippen LogP contribution >= 0.6 is 15.9 Å². The van der Waals surface area contributed by atoms with Gasteiger partial charge >= 0.3 is 0 Å². The van der Waals surface area contributed by atoms with Gasteiger partial charge in [-0.05, 0) is 40.2 Å². The van der Waals surface area contributed by atoms with Crippen molar-refractivity contribution in [1.82, 2.24) is 0 Å². The van der Waals surface area contributed by atoms with Crippen LogP contribution in [-0.2, 0) is 6.61 Å². The van der Waals surface area contributed by atoms with Crippen molar-refractivity contribution in [3.63, 3.8) is 0 Å². The van der Waals surface area contributed by atoms with E-state index in [2.05, 4.69) is 15.9 Å². The second kappa shape index (κ2) is 5.87. The third-order valence-electron chi connectivity index (χ3n) is 2.48. The van der Waals surface area contributed by atoms with E-state index < -0.39 is 0 Å². The Morgan fingerprint density at radius 2 is 1.94 bits per heavy atom. The molecule has 0 heterocycles. The summed E-state index contributed by atoms with van der Waals surface area (Å²) in [7, 11) is 1.62. The normalized spacial score (nSPS) is 10.2. The molecule has 2 rings (SSSR count). The summed E-state index contributed by atoms with van der Waals surface area (Å²) in [4.78, 5) is 0. The van der Waals surface area contributed by atoms with E-state index in [9.17, 15) is 4.39 Å². The zero-order valence-corrected chi connectivity index (χ0v) is 11.4. The summed E-state index contributed by atoms with van der Waals surface area (Å²) in [5.41, 5.74) is 0.945. The Bertz CT molecular complexity index is 543. The number of ether oxygens (including phenoxy) is 2. The standard InChI is InChI=1S/C14H12BrFO2/c1-17-14-5-3-2-4-10(14)9-18-11-6-7-13(16)12(15)8-11/h2-8H,9H2,1H3. The third kappa shape index (κ3) is 3.01. The zero-order chi connectivity index (χ0) is 13.0. The fraction of sp³-hybridized carbons (Fsp3) is 0.143. The van der Waals surface area contributed by atoms with Crippen molar-refractivity contribution < 1.29 is 13.9 Å². The zero-order valence-electron chi connectivity index (χ0n) is 9.82. The highest BCUT2D eigenvalue weighted by Crippen LogP contribution is 2.24. The largest absolute Gasteiger partial charge is 0.496 e. The van der Waals surface area contributed by atoms with Crippen LogP contribution in [-0.4, -0.2) is 7.11 Å². The molecule has 0 atom stereocenters. The van der Waals surface area contributed by atoms with Gasteiger partial charge in [0, 0.05) is 5.56 Å². The Morgan fingerprint density at radius 1 is 1.17 bits per heavy atom. The number of para-hydroxylation sites is 1. The van der Waals surface area contributed by atoms with Gasteiger partial charge in [-0.2, -0.15) is 0 Å². The molecule has 0 unspecified atom stereocenters. The van der Waals surface area contributed by atoms with Crippen molar-refractivity contribution in [3.05, 3.63) is 58.3 Å². The van der Waals surface area contributed by atoms with E-state index >= 15 is 0 Å². The summed E-state index contributed by atoms with van der Waals surface area (Å²) in [5, 5.41) is 0. The molecule has 18 heavy (non-hydrogen) atoms. The molecule has 0 radical (unpaired) electrons. The van der Waals surface area contributed by atoms with E-state index in [1.807, 2.05) is 24.3 Å². The molecular weight excluding hydrogens is 299 g/mol. The molecule has 94 valence electrons. The number of hydrogen-bond acceptors (Lipinski definition) is 2. The summed E-state index contributed by atoms with van der Waals surface area (Å²) >= 11 is 3.12. The van der Waals surface area contributed by atoms with Gasteiger partial charge in [-0.25, -0.2) is 4.39 Å². The molecule has 2 aromatic rings. The molecule has 2 nitrogen and oxygen atoms in total. The predicted octanol–water partition coefficient (Wildman–Crippen LogP) is 4.18. The lowest BCUT2D eigenvalue weighted by molar-refractivity contribution is 0.296. The Hall–Kier alpha value is -1.55. The minimum absolute atomic E-state index is 0.306. The highest BCUT2D eigenvalue weighted by Gasteiger charge is 2.04. The van der Waals surface area contributed by atoms with Gasteiger partial charge in [0.1, 0.15) is 23.9 Å². The lowest BCUT2D eigenvalue weighted by atomic mass is 10.2. The number of rotatable bonds is 4. The maximum Gasteiger partial charge on any atom is 0.137 e. The molecule has 0 aliphatic heterocycles. The summed E-state index contributed by atoms with van der Waals surface area (Å²) in [5.74, 6) is 1.08. The van der Waals surface area contributed by atoms with Crippen LogP contribution < -0.4 is 9.47 Å². The number of methoxy groups -OCH3 is 1. The Balaban J connectivity index is 2.09. The van der Waals surface area contributed by atoms with Gasteiger partial charge < -0.3 is 9.47 Å². The first-order valence-electron chi connectivity index (χ1n) is 5.40. The van der Waals surface area contributed by atoms with E-state index in [1.54, 1.807) is 19.2 Å². The van der Waals surface area contributed by atoms with E-state index in [0.29, 0.717) is 16.8 Å². The van der Waals surface area contributed by atoms with Crippen molar-refractivity contribution in [1.29, 1.82) is 0 Å². The quantitative estimate of drug-likeness (QED) is 0.843. The maximum atomic E-state index is 13.1. The van der Waals surface area contributed by atoms with Crippen LogP contribution in [0.15, 0.2) is 46.9 Å². The Kier molecular flexibility index (Phi) is 4.20. The molecule has 0 aliphatic carbocycles. The number of hydrogen-bond donors (Lipinski definition) is 0. The second-order valence-electron chi connectivity index (χ2n) is 3.68. The van der Waals surface area contributed by atoms with Crippen LogP contribution in [0.2, 0.25) is 0 Å². The molecule has 0 N–H and O–H groups in total. The van der Waals surface area contributed by atoms with Gasteiger partial charge in [0.05, 0.1) is 11.6 Å². The molecule has 4 heteroatoms. The number of halogens is 2. The molecule has 0 amide bonds. The van der Waals surface area contributed by atoms with Gasteiger partial charge in [-0.3, -0.25) is 0 Å². The van der Waals surface area contributed by atoms with Crippen molar-refractivity contribution in [3.8, 4) is 11.5 Å². The van der Waals surface area contributed by atoms with Gasteiger partial charge in [0.25, 0.3) is 0 Å². The molecule has 0 saturated carbocycles. The van der Waals surface area contributed by atoms with Gasteiger partial charge in [0.15, 0.2) is 0 Å². The monoisotopic (exact) mass is 310 g/mol. The van der Waals surface area contributed by atoms with Gasteiger partial charge in [-0.1, -0.05) is 18.2 Å². The summed E-state index contributed by atoms with van der Waals surface area (Å²) in [6.07, 6.45) is 0. The summed E-state index contributed by atoms with van der Waals surface area (Å²) in [6, 6.07) is 12.2. The average Bonchev–Trinajstić information content (AvgIpc) is 2.40. The summed E-state index contributed by atoms with van der Waals surface area (Å²) in [6.45, 7) is 0.377. The SMILES string of the molecule is COc1ccccc1COc1ccc(F)c(Br)c1. The molecule has 0 aliphatic rings. The van der Waals surface area contributed by atoms with Crippen LogP contribution in [0.4, 0.5) is 4.39 Å². The first-order valence-corrected chi connectivity index (χ1v) is 6.20. The number of benzene rings is 2. The van der Waals surface area contributed by atoms with Crippen molar-refractivity contribution in [2.45, 2.75) is 6.61 Å². The first-order chi connectivity index (χ1) is 8.70. The highest BCUT2D eigenvalue weighted by molar-refractivity contribution is 9.10. The van der Waals surface area contributed by atoms with Crippen molar-refractivity contribution in [2.24, 2.45) is 0 Å². The van der Waals surface area contributed by atoms with E-state index in [4.69, 9.17) is 9.47 Å². The Labute approximate surface area is 113 Å². The van der Waals surface area contributed by atoms with Crippen molar-refractivity contribution >= 4 is 15.9 Å². The van der Waals surface area contributed by atoms with E-state index in [1.165, 1.54) is 6.07 Å². The smallest absolute Gasteiger partial charge is 0.137 e. The highest BCUT2D eigenvalue weighted by atomic mass is 79.9. The molecule has 0 saturated heterocycles. The first kappa shape index (κ1) is 12.9. The topological polar surface area (TPSA) is 18.5 Å². The van der Waals surface area contributed by atoms with Crippen LogP contribution in [0.1, 0.15) is 5.56 Å². The fourth-order valence-corrected chi connectivity index (χ4v) is 1.91. The molecule has 0 fully saturated rings. The van der Waals surface area contributed by atoms with Gasteiger partial charge in [-0.15, -0.1) is 0 Å². The molecule has 0 aromatic heterocycles. The average molecular weight is 311 g/mol. The molecule has 0 spiro atoms. The molecular formula is C14H12BrFO2. The fourth-order valence-electron chi connectivity index (χ4n) is 1.55. The van der Waals surface area contributed by atoms with E-state index in [-0.39, 0.29) is 5.82 Å². The summed E-state index contributed by atoms with van der Waals surface area (Å²) < 4.78 is 24.3. The third-order valence-corrected chi connectivity index (χ3v) is 3.09.